The molecule has 5 heteroatoms. The summed E-state index contributed by atoms with van der Waals surface area (Å²) < 4.78 is 11.6. The molecule has 1 aromatic heterocycles. The van der Waals surface area contributed by atoms with Gasteiger partial charge in [0.2, 0.25) is 5.91 Å². The second kappa shape index (κ2) is 9.18. The van der Waals surface area contributed by atoms with Crippen LogP contribution in [-0.2, 0) is 4.79 Å². The van der Waals surface area contributed by atoms with E-state index >= 15 is 0 Å². The van der Waals surface area contributed by atoms with Gasteiger partial charge in [-0.3, -0.25) is 4.79 Å². The van der Waals surface area contributed by atoms with Crippen molar-refractivity contribution in [1.82, 2.24) is 10.2 Å². The third-order valence-corrected chi connectivity index (χ3v) is 5.24. The molecule has 0 aliphatic rings. The lowest BCUT2D eigenvalue weighted by Gasteiger charge is -2.14. The highest BCUT2D eigenvalue weighted by atomic mass is 16.5. The summed E-state index contributed by atoms with van der Waals surface area (Å²) >= 11 is 0. The fourth-order valence-electron chi connectivity index (χ4n) is 3.56. The predicted octanol–water partition coefficient (Wildman–Crippen LogP) is 4.81. The molecule has 0 aliphatic heterocycles. The number of rotatable bonds is 7. The second-order valence-corrected chi connectivity index (χ2v) is 7.90. The molecule has 0 atom stereocenters. The Hall–Kier alpha value is -3.05. The summed E-state index contributed by atoms with van der Waals surface area (Å²) in [6, 6.07) is 10.4. The minimum atomic E-state index is -0.111. The molecule has 5 nitrogen and oxygen atoms in total. The first kappa shape index (κ1) is 21.7. The quantitative estimate of drug-likeness (QED) is 0.572. The molecule has 0 fully saturated rings. The van der Waals surface area contributed by atoms with Crippen LogP contribution in [0.3, 0.4) is 0 Å². The maximum atomic E-state index is 12.4. The number of nitrogens with zero attached hydrogens (tertiary/aromatic N) is 1. The molecule has 2 aromatic carbocycles. The van der Waals surface area contributed by atoms with E-state index in [1.807, 2.05) is 32.8 Å². The van der Waals surface area contributed by atoms with Gasteiger partial charge >= 0.3 is 0 Å². The molecule has 0 aliphatic carbocycles. The lowest BCUT2D eigenvalue weighted by molar-refractivity contribution is -0.116. The minimum Gasteiger partial charge on any atom is -0.496 e. The molecule has 0 saturated carbocycles. The number of methoxy groups -OCH3 is 1. The highest BCUT2D eigenvalue weighted by Gasteiger charge is 2.18. The summed E-state index contributed by atoms with van der Waals surface area (Å²) in [5.74, 6) is 0.613. The van der Waals surface area contributed by atoms with Gasteiger partial charge in [0.05, 0.1) is 13.4 Å². The van der Waals surface area contributed by atoms with Gasteiger partial charge in [0.15, 0.2) is 0 Å². The highest BCUT2D eigenvalue weighted by molar-refractivity contribution is 6.01. The number of benzene rings is 2. The Balaban J connectivity index is 2.03. The van der Waals surface area contributed by atoms with E-state index in [9.17, 15) is 4.79 Å². The summed E-state index contributed by atoms with van der Waals surface area (Å²) in [6.07, 6.45) is 3.42. The molecule has 0 radical (unpaired) electrons. The first-order chi connectivity index (χ1) is 14.3. The minimum absolute atomic E-state index is 0.111. The van der Waals surface area contributed by atoms with Crippen LogP contribution in [0, 0.1) is 13.8 Å². The molecule has 30 heavy (non-hydrogen) atoms. The van der Waals surface area contributed by atoms with Crippen LogP contribution in [0.5, 0.6) is 5.75 Å². The zero-order valence-corrected chi connectivity index (χ0v) is 18.6. The lowest BCUT2D eigenvalue weighted by atomic mass is 9.96. The van der Waals surface area contributed by atoms with Crippen LogP contribution in [-0.4, -0.2) is 45.1 Å². The number of carbonyl (C=O) groups is 1. The van der Waals surface area contributed by atoms with Crippen LogP contribution >= 0.6 is 0 Å². The van der Waals surface area contributed by atoms with Gasteiger partial charge in [0.25, 0.3) is 0 Å². The van der Waals surface area contributed by atoms with Gasteiger partial charge in [-0.25, -0.2) is 0 Å². The Morgan fingerprint density at radius 2 is 1.90 bits per heavy atom. The summed E-state index contributed by atoms with van der Waals surface area (Å²) in [7, 11) is 5.60. The molecule has 1 heterocycles. The fraction of sp³-hybridized carbons (Fsp3) is 0.320. The Morgan fingerprint density at radius 1 is 1.20 bits per heavy atom. The van der Waals surface area contributed by atoms with E-state index in [0.29, 0.717) is 6.54 Å². The number of amides is 1. The maximum absolute atomic E-state index is 12.4. The van der Waals surface area contributed by atoms with E-state index in [2.05, 4.69) is 42.6 Å². The Kier molecular flexibility index (Phi) is 6.63. The third kappa shape index (κ3) is 4.57. The molecule has 1 amide bonds. The number of ether oxygens (including phenoxy) is 1. The Bertz CT molecular complexity index is 1080. The maximum Gasteiger partial charge on any atom is 0.244 e. The van der Waals surface area contributed by atoms with Crippen molar-refractivity contribution in [3.05, 3.63) is 59.4 Å². The van der Waals surface area contributed by atoms with E-state index in [1.165, 1.54) is 5.56 Å². The first-order valence-corrected chi connectivity index (χ1v) is 10.1. The summed E-state index contributed by atoms with van der Waals surface area (Å²) in [5, 5.41) is 3.93. The number of fused-ring (bicyclic) bond motifs is 1. The summed E-state index contributed by atoms with van der Waals surface area (Å²) in [5.41, 5.74) is 6.79. The van der Waals surface area contributed by atoms with Crippen LogP contribution in [0.1, 0.15) is 23.6 Å². The van der Waals surface area contributed by atoms with Crippen molar-refractivity contribution in [1.29, 1.82) is 0 Å². The number of aryl methyl sites for hydroxylation is 2. The number of likely N-dealkylation sites (N-methyl/N-ethyl adjacent to an activating group) is 1. The van der Waals surface area contributed by atoms with Gasteiger partial charge in [0, 0.05) is 41.2 Å². The zero-order chi connectivity index (χ0) is 21.8. The standard InChI is InChI=1S/C25H30N2O3/c1-16-7-9-19(10-8-16)22-15-30-25-18(3)24(29-6)20(14-21(22)25)17(2)13-23(28)26-11-12-27(4)5/h7-10,13-15H,11-12H2,1-6H3,(H,26,28)/b17-13+. The fourth-order valence-corrected chi connectivity index (χ4v) is 3.56. The van der Waals surface area contributed by atoms with Crippen LogP contribution in [0.25, 0.3) is 27.7 Å². The first-order valence-electron chi connectivity index (χ1n) is 10.1. The van der Waals surface area contributed by atoms with Gasteiger partial charge in [-0.1, -0.05) is 29.8 Å². The second-order valence-electron chi connectivity index (χ2n) is 7.90. The van der Waals surface area contributed by atoms with Gasteiger partial charge in [-0.15, -0.1) is 0 Å². The van der Waals surface area contributed by atoms with E-state index in [0.717, 1.165) is 51.1 Å². The zero-order valence-electron chi connectivity index (χ0n) is 18.6. The van der Waals surface area contributed by atoms with Crippen molar-refractivity contribution in [3.8, 4) is 16.9 Å². The number of allylic oxidation sites excluding steroid dienone is 1. The topological polar surface area (TPSA) is 54.7 Å². The largest absolute Gasteiger partial charge is 0.496 e. The monoisotopic (exact) mass is 406 g/mol. The summed E-state index contributed by atoms with van der Waals surface area (Å²) in [4.78, 5) is 14.4. The SMILES string of the molecule is COc1c(/C(C)=C/C(=O)NCCN(C)C)cc2c(-c3ccc(C)cc3)coc2c1C. The molecule has 3 rings (SSSR count). The smallest absolute Gasteiger partial charge is 0.244 e. The molecular weight excluding hydrogens is 376 g/mol. The van der Waals surface area contributed by atoms with E-state index in [1.54, 1.807) is 19.4 Å². The lowest BCUT2D eigenvalue weighted by Crippen LogP contribution is -2.30. The van der Waals surface area contributed by atoms with Crippen LogP contribution in [0.15, 0.2) is 47.1 Å². The van der Waals surface area contributed by atoms with Crippen molar-refractivity contribution in [2.24, 2.45) is 0 Å². The molecular formula is C25H30N2O3. The Morgan fingerprint density at radius 3 is 2.53 bits per heavy atom. The normalized spacial score (nSPS) is 11.9. The summed E-state index contributed by atoms with van der Waals surface area (Å²) in [6.45, 7) is 7.38. The van der Waals surface area contributed by atoms with Crippen molar-refractivity contribution < 1.29 is 13.9 Å². The Labute approximate surface area is 178 Å². The molecule has 0 unspecified atom stereocenters. The average Bonchev–Trinajstić information content (AvgIpc) is 3.12. The average molecular weight is 407 g/mol. The molecule has 158 valence electrons. The third-order valence-electron chi connectivity index (χ3n) is 5.24. The number of furan rings is 1. The van der Waals surface area contributed by atoms with E-state index in [4.69, 9.17) is 9.15 Å². The van der Waals surface area contributed by atoms with E-state index < -0.39 is 0 Å². The number of hydrogen-bond acceptors (Lipinski definition) is 4. The number of carbonyl (C=O) groups excluding carboxylic acids is 1. The van der Waals surface area contributed by atoms with Crippen molar-refractivity contribution >= 4 is 22.4 Å². The molecule has 1 N–H and O–H groups in total. The van der Waals surface area contributed by atoms with Gasteiger partial charge < -0.3 is 19.4 Å². The van der Waals surface area contributed by atoms with Crippen molar-refractivity contribution in [2.45, 2.75) is 20.8 Å². The highest BCUT2D eigenvalue weighted by Crippen LogP contribution is 2.40. The van der Waals surface area contributed by atoms with Crippen molar-refractivity contribution in [3.63, 3.8) is 0 Å². The van der Waals surface area contributed by atoms with Crippen LogP contribution < -0.4 is 10.1 Å². The number of hydrogen-bond donors (Lipinski definition) is 1. The van der Waals surface area contributed by atoms with Gasteiger partial charge in [0.1, 0.15) is 11.3 Å². The predicted molar refractivity (Wildman–Crippen MR) is 123 cm³/mol. The van der Waals surface area contributed by atoms with E-state index in [-0.39, 0.29) is 5.91 Å². The molecule has 3 aromatic rings. The number of nitrogens with one attached hydrogen (secondary N) is 1. The van der Waals surface area contributed by atoms with Gasteiger partial charge in [-0.2, -0.15) is 0 Å². The molecule has 0 spiro atoms. The molecule has 0 saturated heterocycles. The van der Waals surface area contributed by atoms with Crippen LogP contribution in [0.4, 0.5) is 0 Å². The van der Waals surface area contributed by atoms with Crippen molar-refractivity contribution in [2.75, 3.05) is 34.3 Å². The van der Waals surface area contributed by atoms with Crippen LogP contribution in [0.2, 0.25) is 0 Å². The van der Waals surface area contributed by atoms with Gasteiger partial charge in [-0.05, 0) is 52.1 Å². The molecule has 0 bridgehead atoms.